The van der Waals surface area contributed by atoms with Crippen molar-refractivity contribution >= 4 is 5.78 Å². The lowest BCUT2D eigenvalue weighted by molar-refractivity contribution is -0.153. The van der Waals surface area contributed by atoms with E-state index in [1.165, 1.54) is 13.8 Å². The summed E-state index contributed by atoms with van der Waals surface area (Å²) in [5.41, 5.74) is 14.3. The van der Waals surface area contributed by atoms with Gasteiger partial charge in [0.25, 0.3) is 0 Å². The zero-order valence-corrected chi connectivity index (χ0v) is 19.2. The lowest BCUT2D eigenvalue weighted by Gasteiger charge is -2.31. The smallest absolute Gasteiger partial charge is 0.195 e. The van der Waals surface area contributed by atoms with Crippen molar-refractivity contribution in [3.8, 4) is 11.5 Å². The molecule has 34 heavy (non-hydrogen) atoms. The molecular formula is C23H28N6O5. The first-order valence-electron chi connectivity index (χ1n) is 10.6. The summed E-state index contributed by atoms with van der Waals surface area (Å²) in [4.78, 5) is 18.3. The first-order valence-corrected chi connectivity index (χ1v) is 10.6. The second-order valence-corrected chi connectivity index (χ2v) is 8.12. The van der Waals surface area contributed by atoms with Gasteiger partial charge in [0.15, 0.2) is 5.78 Å². The second-order valence-electron chi connectivity index (χ2n) is 8.12. The largest absolute Gasteiger partial charge is 0.493 e. The number of Topliss-reactive ketones (excluding diaryl/α,β-unsaturated/α-hetero) is 1. The van der Waals surface area contributed by atoms with Gasteiger partial charge in [0.2, 0.25) is 0 Å². The Kier molecular flexibility index (Phi) is 9.73. The standard InChI is InChI=1S/C23H28N6O5/c1-22(31,15-17-3-7-19(8-4-17)33-13-11-26-28-24)21(30)23(2,32)16-18-5-9-20(10-6-18)34-14-12-27-29-25/h3-10,31-32H,11-16H2,1-2H3. The maximum Gasteiger partial charge on any atom is 0.195 e. The Morgan fingerprint density at radius 1 is 0.794 bits per heavy atom. The molecular weight excluding hydrogens is 440 g/mol. The van der Waals surface area contributed by atoms with E-state index in [9.17, 15) is 15.0 Å². The summed E-state index contributed by atoms with van der Waals surface area (Å²) in [6, 6.07) is 13.7. The number of nitrogens with zero attached hydrogens (tertiary/aromatic N) is 6. The summed E-state index contributed by atoms with van der Waals surface area (Å²) in [5.74, 6) is 0.449. The molecule has 0 fully saturated rings. The minimum Gasteiger partial charge on any atom is -0.493 e. The van der Waals surface area contributed by atoms with E-state index >= 15 is 0 Å². The lowest BCUT2D eigenvalue weighted by Crippen LogP contribution is -2.52. The fraction of sp³-hybridized carbons (Fsp3) is 0.435. The second kappa shape index (κ2) is 12.5. The summed E-state index contributed by atoms with van der Waals surface area (Å²) in [7, 11) is 0. The van der Waals surface area contributed by atoms with Crippen LogP contribution in [0.3, 0.4) is 0 Å². The average molecular weight is 469 g/mol. The highest BCUT2D eigenvalue weighted by Gasteiger charge is 2.42. The van der Waals surface area contributed by atoms with E-state index in [4.69, 9.17) is 20.5 Å². The van der Waals surface area contributed by atoms with E-state index in [1.54, 1.807) is 48.5 Å². The molecule has 0 spiro atoms. The van der Waals surface area contributed by atoms with Gasteiger partial charge in [-0.05, 0) is 60.3 Å². The van der Waals surface area contributed by atoms with Crippen molar-refractivity contribution in [3.05, 3.63) is 80.5 Å². The SMILES string of the molecule is CC(O)(Cc1ccc(OCCN=[N+]=[N-])cc1)C(=O)C(C)(O)Cc1ccc(OCCN=[N+]=[N-])cc1. The Hall–Kier alpha value is -3.75. The maximum absolute atomic E-state index is 13.0. The number of ketones is 1. The molecule has 0 aromatic heterocycles. The molecule has 0 aliphatic carbocycles. The molecule has 2 aromatic carbocycles. The summed E-state index contributed by atoms with van der Waals surface area (Å²) in [6.07, 6.45) is 0.0257. The molecule has 11 heteroatoms. The van der Waals surface area contributed by atoms with Gasteiger partial charge in [-0.15, -0.1) is 0 Å². The molecule has 0 aliphatic rings. The predicted molar refractivity (Wildman–Crippen MR) is 126 cm³/mol. The maximum atomic E-state index is 13.0. The third-order valence-corrected chi connectivity index (χ3v) is 4.97. The van der Waals surface area contributed by atoms with Gasteiger partial charge in [0, 0.05) is 22.7 Å². The van der Waals surface area contributed by atoms with Crippen molar-refractivity contribution in [1.29, 1.82) is 0 Å². The van der Waals surface area contributed by atoms with Gasteiger partial charge in [-0.2, -0.15) is 0 Å². The average Bonchev–Trinajstić information content (AvgIpc) is 2.81. The van der Waals surface area contributed by atoms with Crippen molar-refractivity contribution in [2.75, 3.05) is 26.3 Å². The number of hydrogen-bond donors (Lipinski definition) is 2. The van der Waals surface area contributed by atoms with E-state index < -0.39 is 17.0 Å². The van der Waals surface area contributed by atoms with E-state index in [2.05, 4.69) is 20.1 Å². The van der Waals surface area contributed by atoms with Gasteiger partial charge in [0.05, 0.1) is 26.3 Å². The van der Waals surface area contributed by atoms with Gasteiger partial charge >= 0.3 is 0 Å². The first kappa shape index (κ1) is 26.5. The zero-order chi connectivity index (χ0) is 25.0. The number of hydrogen-bond acceptors (Lipinski definition) is 7. The van der Waals surface area contributed by atoms with Crippen molar-refractivity contribution in [3.63, 3.8) is 0 Å². The summed E-state index contributed by atoms with van der Waals surface area (Å²) < 4.78 is 10.9. The van der Waals surface area contributed by atoms with E-state index in [0.717, 1.165) is 0 Å². The highest BCUT2D eigenvalue weighted by molar-refractivity contribution is 5.94. The third-order valence-electron chi connectivity index (χ3n) is 4.97. The van der Waals surface area contributed by atoms with Crippen LogP contribution in [0.25, 0.3) is 20.9 Å². The normalized spacial score (nSPS) is 14.0. The number of azide groups is 2. The number of rotatable bonds is 14. The predicted octanol–water partition coefficient (Wildman–Crippen LogP) is 3.92. The molecule has 2 atom stereocenters. The van der Waals surface area contributed by atoms with Crippen LogP contribution < -0.4 is 9.47 Å². The molecule has 0 aliphatic heterocycles. The van der Waals surface area contributed by atoms with Crippen LogP contribution in [0.1, 0.15) is 25.0 Å². The number of carbonyl (C=O) groups excluding carboxylic acids is 1. The van der Waals surface area contributed by atoms with Crippen LogP contribution in [0, 0.1) is 0 Å². The Labute approximate surface area is 197 Å². The molecule has 0 saturated carbocycles. The van der Waals surface area contributed by atoms with Crippen LogP contribution in [0.4, 0.5) is 0 Å². The topological polar surface area (TPSA) is 174 Å². The molecule has 0 bridgehead atoms. The van der Waals surface area contributed by atoms with E-state index in [1.807, 2.05) is 0 Å². The van der Waals surface area contributed by atoms with Gasteiger partial charge in [0.1, 0.15) is 22.7 Å². The quantitative estimate of drug-likeness (QED) is 0.185. The Bertz CT molecular complexity index is 957. The Morgan fingerprint density at radius 3 is 1.47 bits per heavy atom. The van der Waals surface area contributed by atoms with Crippen LogP contribution in [0.2, 0.25) is 0 Å². The van der Waals surface area contributed by atoms with Crippen molar-refractivity contribution < 1.29 is 24.5 Å². The van der Waals surface area contributed by atoms with Crippen LogP contribution in [-0.2, 0) is 17.6 Å². The van der Waals surface area contributed by atoms with Gasteiger partial charge in [-0.1, -0.05) is 34.5 Å². The molecule has 0 saturated heterocycles. The molecule has 0 amide bonds. The number of benzene rings is 2. The molecule has 2 unspecified atom stereocenters. The lowest BCUT2D eigenvalue weighted by atomic mass is 9.80. The van der Waals surface area contributed by atoms with Crippen LogP contribution >= 0.6 is 0 Å². The minimum absolute atomic E-state index is 0.0128. The molecule has 180 valence electrons. The highest BCUT2D eigenvalue weighted by atomic mass is 16.5. The van der Waals surface area contributed by atoms with Gasteiger partial charge < -0.3 is 19.7 Å². The molecule has 0 heterocycles. The first-order chi connectivity index (χ1) is 16.2. The Balaban J connectivity index is 1.96. The zero-order valence-electron chi connectivity index (χ0n) is 19.2. The van der Waals surface area contributed by atoms with Gasteiger partial charge in [-0.25, -0.2) is 0 Å². The number of aliphatic hydroxyl groups is 2. The molecule has 11 nitrogen and oxygen atoms in total. The summed E-state index contributed by atoms with van der Waals surface area (Å²) in [6.45, 7) is 3.67. The molecule has 2 aromatic rings. The Morgan fingerprint density at radius 2 is 1.15 bits per heavy atom. The molecule has 2 rings (SSSR count). The van der Waals surface area contributed by atoms with E-state index in [-0.39, 0.29) is 39.1 Å². The van der Waals surface area contributed by atoms with E-state index in [0.29, 0.717) is 22.6 Å². The van der Waals surface area contributed by atoms with Crippen molar-refractivity contribution in [1.82, 2.24) is 0 Å². The number of carbonyl (C=O) groups is 1. The monoisotopic (exact) mass is 468 g/mol. The third kappa shape index (κ3) is 8.31. The fourth-order valence-corrected chi connectivity index (χ4v) is 3.44. The summed E-state index contributed by atoms with van der Waals surface area (Å²) >= 11 is 0. The van der Waals surface area contributed by atoms with Gasteiger partial charge in [-0.3, -0.25) is 4.79 Å². The minimum atomic E-state index is -1.79. The van der Waals surface area contributed by atoms with Crippen molar-refractivity contribution in [2.45, 2.75) is 37.9 Å². The van der Waals surface area contributed by atoms with Crippen LogP contribution in [0.5, 0.6) is 11.5 Å². The van der Waals surface area contributed by atoms with Crippen LogP contribution in [-0.4, -0.2) is 53.5 Å². The number of ether oxygens (including phenoxy) is 2. The molecule has 0 radical (unpaired) electrons. The fourth-order valence-electron chi connectivity index (χ4n) is 3.44. The highest BCUT2D eigenvalue weighted by Crippen LogP contribution is 2.26. The molecule has 2 N–H and O–H groups in total. The van der Waals surface area contributed by atoms with Crippen molar-refractivity contribution in [2.24, 2.45) is 10.2 Å². The van der Waals surface area contributed by atoms with Crippen LogP contribution in [0.15, 0.2) is 58.8 Å². The summed E-state index contributed by atoms with van der Waals surface area (Å²) in [5, 5.41) is 28.5.